The van der Waals surface area contributed by atoms with Crippen molar-refractivity contribution in [3.05, 3.63) is 30.1 Å². The van der Waals surface area contributed by atoms with E-state index in [2.05, 4.69) is 5.32 Å². The van der Waals surface area contributed by atoms with Crippen molar-refractivity contribution in [3.8, 4) is 0 Å². The van der Waals surface area contributed by atoms with Gasteiger partial charge in [0.05, 0.1) is 5.69 Å². The van der Waals surface area contributed by atoms with E-state index in [9.17, 15) is 14.0 Å². The smallest absolute Gasteiger partial charge is 0.291 e. The molecule has 0 fully saturated rings. The predicted molar refractivity (Wildman–Crippen MR) is 68.3 cm³/mol. The van der Waals surface area contributed by atoms with Gasteiger partial charge in [0.25, 0.3) is 0 Å². The molecule has 6 heteroatoms. The third-order valence-corrected chi connectivity index (χ3v) is 2.49. The van der Waals surface area contributed by atoms with Gasteiger partial charge in [-0.1, -0.05) is 12.1 Å². The lowest BCUT2D eigenvalue weighted by molar-refractivity contribution is -0.119. The van der Waals surface area contributed by atoms with Crippen LogP contribution in [-0.4, -0.2) is 23.9 Å². The lowest BCUT2D eigenvalue weighted by atomic mass is 10.3. The fraction of sp³-hybridized carbons (Fsp3) is 0.333. The number of para-hydroxylation sites is 1. The van der Waals surface area contributed by atoms with Gasteiger partial charge < -0.3 is 0 Å². The first-order valence-corrected chi connectivity index (χ1v) is 5.92. The lowest BCUT2D eigenvalue weighted by Gasteiger charge is -2.21. The Morgan fingerprint density at radius 1 is 1.44 bits per heavy atom. The monoisotopic (exact) mass is 272 g/mol. The first-order valence-electron chi connectivity index (χ1n) is 5.48. The minimum atomic E-state index is -0.826. The molecule has 1 aromatic rings. The van der Waals surface area contributed by atoms with E-state index in [0.717, 1.165) is 4.90 Å². The number of nitrogens with one attached hydrogen (secondary N) is 1. The molecular formula is C12H14ClFN2O2. The SMILES string of the molecule is CCN(C(=O)NC(=O)C(C)Cl)c1ccccc1F. The number of hydrogen-bond acceptors (Lipinski definition) is 2. The van der Waals surface area contributed by atoms with Crippen molar-refractivity contribution in [2.45, 2.75) is 19.2 Å². The summed E-state index contributed by atoms with van der Waals surface area (Å²) < 4.78 is 13.6. The Morgan fingerprint density at radius 3 is 2.56 bits per heavy atom. The molecule has 0 aromatic heterocycles. The molecule has 0 saturated carbocycles. The molecule has 0 aliphatic heterocycles. The number of carbonyl (C=O) groups is 2. The van der Waals surface area contributed by atoms with Crippen molar-refractivity contribution < 1.29 is 14.0 Å². The molecule has 0 heterocycles. The summed E-state index contributed by atoms with van der Waals surface area (Å²) in [6.07, 6.45) is 0. The molecule has 1 rings (SSSR count). The van der Waals surface area contributed by atoms with Gasteiger partial charge in [-0.2, -0.15) is 0 Å². The van der Waals surface area contributed by atoms with Crippen LogP contribution in [-0.2, 0) is 4.79 Å². The van der Waals surface area contributed by atoms with Crippen molar-refractivity contribution in [3.63, 3.8) is 0 Å². The zero-order valence-corrected chi connectivity index (χ0v) is 10.9. The topological polar surface area (TPSA) is 49.4 Å². The van der Waals surface area contributed by atoms with Crippen LogP contribution in [0.3, 0.4) is 0 Å². The fourth-order valence-electron chi connectivity index (χ4n) is 1.37. The largest absolute Gasteiger partial charge is 0.328 e. The number of hydrogen-bond donors (Lipinski definition) is 1. The summed E-state index contributed by atoms with van der Waals surface area (Å²) in [6, 6.07) is 5.15. The summed E-state index contributed by atoms with van der Waals surface area (Å²) in [4.78, 5) is 24.2. The van der Waals surface area contributed by atoms with Gasteiger partial charge in [0.15, 0.2) is 0 Å². The van der Waals surface area contributed by atoms with Gasteiger partial charge in [0.2, 0.25) is 5.91 Å². The third-order valence-electron chi connectivity index (χ3n) is 2.30. The van der Waals surface area contributed by atoms with Gasteiger partial charge in [-0.25, -0.2) is 9.18 Å². The molecule has 3 amide bonds. The van der Waals surface area contributed by atoms with E-state index in [-0.39, 0.29) is 12.2 Å². The maximum absolute atomic E-state index is 13.6. The second-order valence-corrected chi connectivity index (χ2v) is 4.26. The molecule has 18 heavy (non-hydrogen) atoms. The Morgan fingerprint density at radius 2 is 2.06 bits per heavy atom. The number of halogens is 2. The number of benzene rings is 1. The van der Waals surface area contributed by atoms with Gasteiger partial charge in [-0.15, -0.1) is 11.6 Å². The van der Waals surface area contributed by atoms with Crippen molar-refractivity contribution in [2.24, 2.45) is 0 Å². The van der Waals surface area contributed by atoms with Gasteiger partial charge in [-0.05, 0) is 26.0 Å². The summed E-state index contributed by atoms with van der Waals surface area (Å²) in [7, 11) is 0. The number of imide groups is 1. The minimum absolute atomic E-state index is 0.118. The molecule has 0 bridgehead atoms. The van der Waals surface area contributed by atoms with Crippen LogP contribution < -0.4 is 10.2 Å². The highest BCUT2D eigenvalue weighted by molar-refractivity contribution is 6.31. The van der Waals surface area contributed by atoms with Crippen LogP contribution >= 0.6 is 11.6 Å². The Kier molecular flexibility index (Phi) is 5.09. The number of urea groups is 1. The average molecular weight is 273 g/mol. The molecule has 0 radical (unpaired) electrons. The van der Waals surface area contributed by atoms with Crippen molar-refractivity contribution in [2.75, 3.05) is 11.4 Å². The van der Waals surface area contributed by atoms with Crippen LogP contribution in [0, 0.1) is 5.82 Å². The molecular weight excluding hydrogens is 259 g/mol. The van der Waals surface area contributed by atoms with E-state index in [4.69, 9.17) is 11.6 Å². The number of nitrogens with zero attached hydrogens (tertiary/aromatic N) is 1. The van der Waals surface area contributed by atoms with E-state index < -0.39 is 23.1 Å². The number of amides is 3. The average Bonchev–Trinajstić information content (AvgIpc) is 2.32. The van der Waals surface area contributed by atoms with Crippen LogP contribution in [0.4, 0.5) is 14.9 Å². The lowest BCUT2D eigenvalue weighted by Crippen LogP contribution is -2.45. The summed E-state index contributed by atoms with van der Waals surface area (Å²) >= 11 is 5.54. The predicted octanol–water partition coefficient (Wildman–Crippen LogP) is 2.52. The molecule has 1 unspecified atom stereocenters. The van der Waals surface area contributed by atoms with Crippen LogP contribution in [0.5, 0.6) is 0 Å². The molecule has 1 atom stereocenters. The summed E-state index contributed by atoms with van der Waals surface area (Å²) in [6.45, 7) is 3.36. The molecule has 0 aliphatic rings. The Bertz CT molecular complexity index is 451. The molecule has 0 saturated heterocycles. The normalized spacial score (nSPS) is 11.8. The van der Waals surface area contributed by atoms with E-state index in [1.54, 1.807) is 13.0 Å². The summed E-state index contributed by atoms with van der Waals surface area (Å²) in [5, 5.41) is 1.28. The second-order valence-electron chi connectivity index (χ2n) is 3.61. The highest BCUT2D eigenvalue weighted by Crippen LogP contribution is 2.18. The van der Waals surface area contributed by atoms with Gasteiger partial charge in [-0.3, -0.25) is 15.0 Å². The Labute approximate surface area is 110 Å². The van der Waals surface area contributed by atoms with E-state index >= 15 is 0 Å². The van der Waals surface area contributed by atoms with Gasteiger partial charge >= 0.3 is 6.03 Å². The van der Waals surface area contributed by atoms with Crippen molar-refractivity contribution >= 4 is 29.2 Å². The Hall–Kier alpha value is -1.62. The standard InChI is InChI=1S/C12H14ClFN2O2/c1-3-16(10-7-5-4-6-9(10)14)12(18)15-11(17)8(2)13/h4-8H,3H2,1-2H3,(H,15,17,18). The maximum atomic E-state index is 13.6. The first kappa shape index (κ1) is 14.4. The highest BCUT2D eigenvalue weighted by atomic mass is 35.5. The zero-order chi connectivity index (χ0) is 13.7. The van der Waals surface area contributed by atoms with E-state index in [1.165, 1.54) is 25.1 Å². The number of alkyl halides is 1. The van der Waals surface area contributed by atoms with Crippen LogP contribution in [0.25, 0.3) is 0 Å². The summed E-state index contributed by atoms with van der Waals surface area (Å²) in [5.74, 6) is -1.14. The molecule has 0 spiro atoms. The second kappa shape index (κ2) is 6.35. The minimum Gasteiger partial charge on any atom is -0.291 e. The summed E-state index contributed by atoms with van der Waals surface area (Å²) in [5.41, 5.74) is 0.118. The number of anilines is 1. The first-order chi connectivity index (χ1) is 8.47. The van der Waals surface area contributed by atoms with E-state index in [0.29, 0.717) is 0 Å². The highest BCUT2D eigenvalue weighted by Gasteiger charge is 2.20. The van der Waals surface area contributed by atoms with Crippen molar-refractivity contribution in [1.29, 1.82) is 0 Å². The number of rotatable bonds is 3. The molecule has 1 aromatic carbocycles. The van der Waals surface area contributed by atoms with Crippen molar-refractivity contribution in [1.82, 2.24) is 5.32 Å². The molecule has 1 N–H and O–H groups in total. The van der Waals surface area contributed by atoms with E-state index in [1.807, 2.05) is 0 Å². The van der Waals surface area contributed by atoms with Gasteiger partial charge in [0, 0.05) is 6.54 Å². The number of carbonyl (C=O) groups excluding carboxylic acids is 2. The third kappa shape index (κ3) is 3.43. The van der Waals surface area contributed by atoms with Crippen LogP contribution in [0.1, 0.15) is 13.8 Å². The van der Waals surface area contributed by atoms with Crippen LogP contribution in [0.15, 0.2) is 24.3 Å². The zero-order valence-electron chi connectivity index (χ0n) is 10.1. The molecule has 4 nitrogen and oxygen atoms in total. The molecule has 98 valence electrons. The maximum Gasteiger partial charge on any atom is 0.328 e. The quantitative estimate of drug-likeness (QED) is 0.860. The fourth-order valence-corrected chi connectivity index (χ4v) is 1.42. The van der Waals surface area contributed by atoms with Gasteiger partial charge in [0.1, 0.15) is 11.2 Å². The van der Waals surface area contributed by atoms with Crippen LogP contribution in [0.2, 0.25) is 0 Å². The Balaban J connectivity index is 2.88. The molecule has 0 aliphatic carbocycles.